The minimum Gasteiger partial charge on any atom is -0.253 e. The van der Waals surface area contributed by atoms with Crippen LogP contribution in [0.1, 0.15) is 25.5 Å². The summed E-state index contributed by atoms with van der Waals surface area (Å²) >= 11 is 0. The van der Waals surface area contributed by atoms with Crippen LogP contribution in [0.4, 0.5) is 0 Å². The zero-order chi connectivity index (χ0) is 12.4. The second-order valence-corrected chi connectivity index (χ2v) is 4.65. The molecule has 3 aromatic rings. The molecule has 0 atom stereocenters. The summed E-state index contributed by atoms with van der Waals surface area (Å²) in [6.45, 7) is 2.20. The molecule has 90 valence electrons. The average Bonchev–Trinajstić information content (AvgIpc) is 2.42. The van der Waals surface area contributed by atoms with Crippen molar-refractivity contribution in [2.24, 2.45) is 0 Å². The van der Waals surface area contributed by atoms with E-state index in [1.165, 1.54) is 23.6 Å². The van der Waals surface area contributed by atoms with Gasteiger partial charge in [-0.2, -0.15) is 0 Å². The molecular weight excluding hydrogens is 220 g/mol. The van der Waals surface area contributed by atoms with Crippen LogP contribution in [0.15, 0.2) is 42.6 Å². The molecule has 2 aromatic carbocycles. The highest BCUT2D eigenvalue weighted by atomic mass is 14.8. The molecule has 3 rings (SSSR count). The Hall–Kier alpha value is -1.96. The van der Waals surface area contributed by atoms with Gasteiger partial charge in [0.25, 0.3) is 0 Å². The SMILES string of the molecule is CCCCc1cnc2cc3ccccc3cc2n1. The van der Waals surface area contributed by atoms with Gasteiger partial charge in [0.15, 0.2) is 0 Å². The summed E-state index contributed by atoms with van der Waals surface area (Å²) < 4.78 is 0. The fourth-order valence-electron chi connectivity index (χ4n) is 2.22. The molecular formula is C16H16N2. The smallest absolute Gasteiger partial charge is 0.0896 e. The van der Waals surface area contributed by atoms with E-state index in [0.717, 1.165) is 23.1 Å². The number of unbranched alkanes of at least 4 members (excludes halogenated alkanes) is 1. The second-order valence-electron chi connectivity index (χ2n) is 4.65. The predicted octanol–water partition coefficient (Wildman–Crippen LogP) is 4.13. The fourth-order valence-corrected chi connectivity index (χ4v) is 2.22. The Morgan fingerprint density at radius 1 is 1.00 bits per heavy atom. The van der Waals surface area contributed by atoms with Gasteiger partial charge in [-0.15, -0.1) is 0 Å². The standard InChI is InChI=1S/C16H16N2/c1-2-3-8-14-11-17-15-9-12-6-4-5-7-13(12)10-16(15)18-14/h4-7,9-11H,2-3,8H2,1H3. The molecule has 2 heteroatoms. The van der Waals surface area contributed by atoms with E-state index in [-0.39, 0.29) is 0 Å². The van der Waals surface area contributed by atoms with Gasteiger partial charge in [-0.1, -0.05) is 37.6 Å². The zero-order valence-electron chi connectivity index (χ0n) is 10.6. The van der Waals surface area contributed by atoms with Gasteiger partial charge in [-0.25, -0.2) is 4.98 Å². The first-order valence-electron chi connectivity index (χ1n) is 6.51. The number of fused-ring (bicyclic) bond motifs is 2. The van der Waals surface area contributed by atoms with E-state index in [1.54, 1.807) is 0 Å². The minimum absolute atomic E-state index is 0.981. The van der Waals surface area contributed by atoms with Crippen LogP contribution in [0, 0.1) is 0 Å². The average molecular weight is 236 g/mol. The first-order valence-corrected chi connectivity index (χ1v) is 6.51. The van der Waals surface area contributed by atoms with Crippen molar-refractivity contribution in [3.63, 3.8) is 0 Å². The van der Waals surface area contributed by atoms with Crippen molar-refractivity contribution < 1.29 is 0 Å². The fraction of sp³-hybridized carbons (Fsp3) is 0.250. The van der Waals surface area contributed by atoms with Crippen molar-refractivity contribution in [2.75, 3.05) is 0 Å². The lowest BCUT2D eigenvalue weighted by Crippen LogP contribution is -1.93. The van der Waals surface area contributed by atoms with E-state index in [9.17, 15) is 0 Å². The summed E-state index contributed by atoms with van der Waals surface area (Å²) in [5, 5.41) is 2.45. The van der Waals surface area contributed by atoms with Gasteiger partial charge in [0.2, 0.25) is 0 Å². The molecule has 0 fully saturated rings. The molecule has 0 aliphatic carbocycles. The summed E-state index contributed by atoms with van der Waals surface area (Å²) in [5.74, 6) is 0. The lowest BCUT2D eigenvalue weighted by molar-refractivity contribution is 0.776. The van der Waals surface area contributed by atoms with Crippen LogP contribution in [-0.4, -0.2) is 9.97 Å². The van der Waals surface area contributed by atoms with Crippen LogP contribution in [0.2, 0.25) is 0 Å². The molecule has 0 N–H and O–H groups in total. The van der Waals surface area contributed by atoms with Crippen molar-refractivity contribution in [3.05, 3.63) is 48.3 Å². The summed E-state index contributed by atoms with van der Waals surface area (Å²) in [4.78, 5) is 9.22. The number of rotatable bonds is 3. The molecule has 18 heavy (non-hydrogen) atoms. The minimum atomic E-state index is 0.981. The quantitative estimate of drug-likeness (QED) is 0.639. The first-order chi connectivity index (χ1) is 8.86. The van der Waals surface area contributed by atoms with Gasteiger partial charge in [-0.3, -0.25) is 4.98 Å². The molecule has 0 spiro atoms. The highest BCUT2D eigenvalue weighted by Crippen LogP contribution is 2.20. The van der Waals surface area contributed by atoms with E-state index >= 15 is 0 Å². The Morgan fingerprint density at radius 3 is 2.44 bits per heavy atom. The second kappa shape index (κ2) is 4.73. The van der Waals surface area contributed by atoms with Gasteiger partial charge in [0.05, 0.1) is 16.7 Å². The van der Waals surface area contributed by atoms with E-state index in [0.29, 0.717) is 0 Å². The van der Waals surface area contributed by atoms with Crippen LogP contribution >= 0.6 is 0 Å². The van der Waals surface area contributed by atoms with Gasteiger partial charge in [0, 0.05) is 6.20 Å². The molecule has 1 heterocycles. The van der Waals surface area contributed by atoms with E-state index in [2.05, 4.69) is 48.3 Å². The molecule has 0 saturated heterocycles. The number of hydrogen-bond acceptors (Lipinski definition) is 2. The number of benzene rings is 2. The maximum atomic E-state index is 4.70. The number of aromatic nitrogens is 2. The van der Waals surface area contributed by atoms with Gasteiger partial charge in [-0.05, 0) is 35.7 Å². The van der Waals surface area contributed by atoms with E-state index < -0.39 is 0 Å². The molecule has 0 saturated carbocycles. The third-order valence-electron chi connectivity index (χ3n) is 3.25. The molecule has 2 nitrogen and oxygen atoms in total. The van der Waals surface area contributed by atoms with Crippen LogP contribution < -0.4 is 0 Å². The van der Waals surface area contributed by atoms with Gasteiger partial charge < -0.3 is 0 Å². The van der Waals surface area contributed by atoms with Gasteiger partial charge in [0.1, 0.15) is 0 Å². The lowest BCUT2D eigenvalue weighted by atomic mass is 10.1. The third-order valence-corrected chi connectivity index (χ3v) is 3.25. The Morgan fingerprint density at radius 2 is 1.72 bits per heavy atom. The molecule has 0 aliphatic rings. The van der Waals surface area contributed by atoms with Crippen LogP contribution in [-0.2, 0) is 6.42 Å². The lowest BCUT2D eigenvalue weighted by Gasteiger charge is -2.03. The first kappa shape index (κ1) is 11.1. The number of hydrogen-bond donors (Lipinski definition) is 0. The maximum absolute atomic E-state index is 4.70. The third kappa shape index (κ3) is 2.06. The Bertz CT molecular complexity index is 689. The highest BCUT2D eigenvalue weighted by Gasteiger charge is 2.02. The zero-order valence-corrected chi connectivity index (χ0v) is 10.6. The van der Waals surface area contributed by atoms with Crippen LogP contribution in [0.25, 0.3) is 21.8 Å². The van der Waals surface area contributed by atoms with Crippen molar-refractivity contribution in [3.8, 4) is 0 Å². The highest BCUT2D eigenvalue weighted by molar-refractivity contribution is 5.94. The van der Waals surface area contributed by atoms with Crippen LogP contribution in [0.5, 0.6) is 0 Å². The summed E-state index contributed by atoms with van der Waals surface area (Å²) in [7, 11) is 0. The van der Waals surface area contributed by atoms with Crippen LogP contribution in [0.3, 0.4) is 0 Å². The molecule has 0 radical (unpaired) electrons. The maximum Gasteiger partial charge on any atom is 0.0896 e. The van der Waals surface area contributed by atoms with E-state index in [1.807, 2.05) is 6.20 Å². The summed E-state index contributed by atoms with van der Waals surface area (Å²) in [5.41, 5.74) is 3.08. The topological polar surface area (TPSA) is 25.8 Å². The molecule has 0 amide bonds. The number of nitrogens with zero attached hydrogens (tertiary/aromatic N) is 2. The van der Waals surface area contributed by atoms with Crippen molar-refractivity contribution >= 4 is 21.8 Å². The van der Waals surface area contributed by atoms with E-state index in [4.69, 9.17) is 4.98 Å². The Balaban J connectivity index is 2.12. The number of aryl methyl sites for hydroxylation is 1. The molecule has 0 aliphatic heterocycles. The van der Waals surface area contributed by atoms with Gasteiger partial charge >= 0.3 is 0 Å². The van der Waals surface area contributed by atoms with Crippen molar-refractivity contribution in [1.29, 1.82) is 0 Å². The predicted molar refractivity (Wildman–Crippen MR) is 75.7 cm³/mol. The summed E-state index contributed by atoms with van der Waals surface area (Å²) in [6, 6.07) is 12.6. The van der Waals surface area contributed by atoms with Crippen molar-refractivity contribution in [1.82, 2.24) is 9.97 Å². The normalized spacial score (nSPS) is 11.2. The monoisotopic (exact) mass is 236 g/mol. The Labute approximate surface area is 107 Å². The summed E-state index contributed by atoms with van der Waals surface area (Å²) in [6.07, 6.45) is 5.30. The van der Waals surface area contributed by atoms with Crippen molar-refractivity contribution in [2.45, 2.75) is 26.2 Å². The molecule has 0 bridgehead atoms. The molecule has 0 unspecified atom stereocenters. The largest absolute Gasteiger partial charge is 0.253 e. The molecule has 1 aromatic heterocycles. The Kier molecular flexibility index (Phi) is 2.93.